The molecule has 1 atom stereocenters. The number of β-amino-alcohol motifs (C(OH)–C–C–N with tert-alkyl or cyclic N) is 1. The summed E-state index contributed by atoms with van der Waals surface area (Å²) in [4.78, 5) is 1.84. The smallest absolute Gasteiger partial charge is 0.416 e. The van der Waals surface area contributed by atoms with Gasteiger partial charge in [-0.3, -0.25) is 0 Å². The minimum Gasteiger partial charge on any atom is -0.494 e. The fourth-order valence-corrected chi connectivity index (χ4v) is 4.39. The van der Waals surface area contributed by atoms with E-state index in [-0.39, 0.29) is 6.54 Å². The molecule has 0 aromatic heterocycles. The van der Waals surface area contributed by atoms with Crippen molar-refractivity contribution in [1.29, 1.82) is 0 Å². The van der Waals surface area contributed by atoms with Crippen LogP contribution in [0.25, 0.3) is 0 Å². The quantitative estimate of drug-likeness (QED) is 0.727. The van der Waals surface area contributed by atoms with Crippen LogP contribution in [0.2, 0.25) is 0 Å². The standard InChI is InChI=1S/C23H26F3N2O2/c1-2-30-20-12-10-17(11-13-20)22(29)16-27(21-9-4-3-5-14-28(21)22)19-8-6-7-18(15-19)23(24,25)26/h6-8,10-13,15,29H,2-5,9,14,16H2,1H3/q+1. The Kier molecular flexibility index (Phi) is 5.49. The zero-order valence-electron chi connectivity index (χ0n) is 17.0. The highest BCUT2D eigenvalue weighted by Gasteiger charge is 2.52. The number of anilines is 1. The molecule has 4 rings (SSSR count). The van der Waals surface area contributed by atoms with E-state index in [9.17, 15) is 18.3 Å². The Morgan fingerprint density at radius 1 is 1.10 bits per heavy atom. The molecule has 2 aromatic rings. The summed E-state index contributed by atoms with van der Waals surface area (Å²) in [6.07, 6.45) is -0.791. The molecule has 2 heterocycles. The van der Waals surface area contributed by atoms with Crippen LogP contribution in [0, 0.1) is 0 Å². The molecule has 0 radical (unpaired) electrons. The number of hydrogen-bond acceptors (Lipinski definition) is 3. The second-order valence-corrected chi connectivity index (χ2v) is 7.79. The van der Waals surface area contributed by atoms with Crippen LogP contribution in [0.4, 0.5) is 18.9 Å². The van der Waals surface area contributed by atoms with Gasteiger partial charge in [-0.1, -0.05) is 6.07 Å². The van der Waals surface area contributed by atoms with Crippen molar-refractivity contribution in [3.05, 3.63) is 59.7 Å². The highest BCUT2D eigenvalue weighted by atomic mass is 19.4. The van der Waals surface area contributed by atoms with E-state index >= 15 is 0 Å². The van der Waals surface area contributed by atoms with Crippen molar-refractivity contribution < 1.29 is 27.6 Å². The first-order valence-corrected chi connectivity index (χ1v) is 10.4. The van der Waals surface area contributed by atoms with Gasteiger partial charge in [-0.15, -0.1) is 0 Å². The van der Waals surface area contributed by atoms with Crippen LogP contribution >= 0.6 is 0 Å². The second-order valence-electron chi connectivity index (χ2n) is 7.79. The van der Waals surface area contributed by atoms with E-state index in [2.05, 4.69) is 0 Å². The molecule has 30 heavy (non-hydrogen) atoms. The number of benzene rings is 2. The Labute approximate surface area is 174 Å². The number of nitrogens with zero attached hydrogens (tertiary/aromatic N) is 2. The van der Waals surface area contributed by atoms with Gasteiger partial charge in [0.15, 0.2) is 6.54 Å². The van der Waals surface area contributed by atoms with Gasteiger partial charge in [-0.25, -0.2) is 9.48 Å². The Balaban J connectivity index is 1.75. The second kappa shape index (κ2) is 7.95. The van der Waals surface area contributed by atoms with Crippen molar-refractivity contribution in [2.75, 3.05) is 24.6 Å². The highest BCUT2D eigenvalue weighted by Crippen LogP contribution is 2.38. The van der Waals surface area contributed by atoms with Crippen molar-refractivity contribution in [1.82, 2.24) is 0 Å². The van der Waals surface area contributed by atoms with E-state index in [0.717, 1.165) is 43.3 Å². The SMILES string of the molecule is CCOc1ccc(C2(O)CN(c3cccc(C(F)(F)F)c3)C3=[N+]2CCCCC3)cc1. The summed E-state index contributed by atoms with van der Waals surface area (Å²) in [5.74, 6) is 1.60. The van der Waals surface area contributed by atoms with Gasteiger partial charge in [-0.2, -0.15) is 13.2 Å². The van der Waals surface area contributed by atoms with Gasteiger partial charge in [0.2, 0.25) is 0 Å². The van der Waals surface area contributed by atoms with Gasteiger partial charge in [-0.05, 0) is 68.7 Å². The maximum Gasteiger partial charge on any atom is 0.416 e. The predicted octanol–water partition coefficient (Wildman–Crippen LogP) is 4.75. The number of rotatable bonds is 4. The molecule has 0 amide bonds. The lowest BCUT2D eigenvalue weighted by Gasteiger charge is -2.24. The third-order valence-corrected chi connectivity index (χ3v) is 5.84. The number of ether oxygens (including phenoxy) is 1. The highest BCUT2D eigenvalue weighted by molar-refractivity contribution is 5.96. The van der Waals surface area contributed by atoms with E-state index in [1.54, 1.807) is 6.07 Å². The first-order valence-electron chi connectivity index (χ1n) is 10.4. The Morgan fingerprint density at radius 2 is 1.87 bits per heavy atom. The molecule has 7 heteroatoms. The molecule has 2 aliphatic heterocycles. The molecule has 2 aromatic carbocycles. The summed E-state index contributed by atoms with van der Waals surface area (Å²) in [6.45, 7) is 3.30. The molecule has 2 aliphatic rings. The van der Waals surface area contributed by atoms with Gasteiger partial charge >= 0.3 is 6.18 Å². The van der Waals surface area contributed by atoms with Crippen LogP contribution in [-0.2, 0) is 11.9 Å². The third kappa shape index (κ3) is 3.78. The topological polar surface area (TPSA) is 35.7 Å². The van der Waals surface area contributed by atoms with Crippen LogP contribution in [0.3, 0.4) is 0 Å². The lowest BCUT2D eigenvalue weighted by atomic mass is 10.0. The molecular weight excluding hydrogens is 393 g/mol. The van der Waals surface area contributed by atoms with Crippen molar-refractivity contribution >= 4 is 11.5 Å². The number of alkyl halides is 3. The molecule has 0 bridgehead atoms. The lowest BCUT2D eigenvalue weighted by molar-refractivity contribution is -0.658. The van der Waals surface area contributed by atoms with Gasteiger partial charge in [0, 0.05) is 12.0 Å². The minimum atomic E-state index is -4.41. The Morgan fingerprint density at radius 3 is 2.57 bits per heavy atom. The fourth-order valence-electron chi connectivity index (χ4n) is 4.39. The normalized spacial score (nSPS) is 22.1. The van der Waals surface area contributed by atoms with Gasteiger partial charge in [0.25, 0.3) is 11.6 Å². The molecular formula is C23H26F3N2O2+. The zero-order valence-corrected chi connectivity index (χ0v) is 17.0. The predicted molar refractivity (Wildman–Crippen MR) is 109 cm³/mol. The molecule has 0 saturated heterocycles. The number of aliphatic hydroxyl groups is 1. The van der Waals surface area contributed by atoms with E-state index in [1.165, 1.54) is 12.1 Å². The summed E-state index contributed by atoms with van der Waals surface area (Å²) in [6, 6.07) is 12.7. The Bertz CT molecular complexity index is 940. The molecule has 0 fully saturated rings. The van der Waals surface area contributed by atoms with Crippen molar-refractivity contribution in [2.45, 2.75) is 44.5 Å². The van der Waals surface area contributed by atoms with E-state index < -0.39 is 17.5 Å². The van der Waals surface area contributed by atoms with Crippen LogP contribution in [0.5, 0.6) is 5.75 Å². The van der Waals surface area contributed by atoms with E-state index in [4.69, 9.17) is 4.74 Å². The number of halogens is 3. The van der Waals surface area contributed by atoms with Gasteiger partial charge in [0.05, 0.1) is 18.7 Å². The zero-order chi connectivity index (χ0) is 21.4. The first kappa shape index (κ1) is 20.7. The molecule has 1 N–H and O–H groups in total. The van der Waals surface area contributed by atoms with Crippen molar-refractivity contribution in [2.24, 2.45) is 0 Å². The molecule has 0 aliphatic carbocycles. The summed E-state index contributed by atoms with van der Waals surface area (Å²) in [5.41, 5.74) is -0.829. The summed E-state index contributed by atoms with van der Waals surface area (Å²) in [5, 5.41) is 11.8. The first-order chi connectivity index (χ1) is 14.3. The maximum absolute atomic E-state index is 13.3. The molecule has 4 nitrogen and oxygen atoms in total. The monoisotopic (exact) mass is 419 g/mol. The largest absolute Gasteiger partial charge is 0.494 e. The molecule has 1 unspecified atom stereocenters. The minimum absolute atomic E-state index is 0.178. The van der Waals surface area contributed by atoms with E-state index in [0.29, 0.717) is 24.4 Å². The van der Waals surface area contributed by atoms with Crippen LogP contribution in [0.15, 0.2) is 48.5 Å². The van der Waals surface area contributed by atoms with E-state index in [1.807, 2.05) is 40.7 Å². The lowest BCUT2D eigenvalue weighted by Crippen LogP contribution is -2.41. The summed E-state index contributed by atoms with van der Waals surface area (Å²) >= 11 is 0. The third-order valence-electron chi connectivity index (χ3n) is 5.84. The summed E-state index contributed by atoms with van der Waals surface area (Å²) < 4.78 is 47.3. The Hall–Kier alpha value is -2.54. The van der Waals surface area contributed by atoms with Crippen LogP contribution in [-0.4, -0.2) is 35.2 Å². The van der Waals surface area contributed by atoms with Crippen LogP contribution < -0.4 is 9.64 Å². The van der Waals surface area contributed by atoms with Crippen molar-refractivity contribution in [3.8, 4) is 5.75 Å². The summed E-state index contributed by atoms with van der Waals surface area (Å²) in [7, 11) is 0. The van der Waals surface area contributed by atoms with Crippen LogP contribution in [0.1, 0.15) is 43.7 Å². The average Bonchev–Trinajstić information content (AvgIpc) is 2.87. The molecule has 160 valence electrons. The van der Waals surface area contributed by atoms with Crippen molar-refractivity contribution in [3.63, 3.8) is 0 Å². The number of amidine groups is 1. The van der Waals surface area contributed by atoms with Gasteiger partial charge in [0.1, 0.15) is 11.4 Å². The maximum atomic E-state index is 13.3. The average molecular weight is 419 g/mol. The fraction of sp³-hybridized carbons (Fsp3) is 0.435. The van der Waals surface area contributed by atoms with Gasteiger partial charge < -0.3 is 9.84 Å². The molecule has 0 spiro atoms. The molecule has 0 saturated carbocycles. The number of hydrogen-bond donors (Lipinski definition) is 1.